The molecular weight excluding hydrogens is 412 g/mol. The summed E-state index contributed by atoms with van der Waals surface area (Å²) in [6.07, 6.45) is 2.40. The number of rotatable bonds is 9. The van der Waals surface area contributed by atoms with Gasteiger partial charge in [-0.1, -0.05) is 84.0 Å². The van der Waals surface area contributed by atoms with E-state index in [-0.39, 0.29) is 12.0 Å². The summed E-state index contributed by atoms with van der Waals surface area (Å²) in [5.74, 6) is -0.879. The molecule has 1 aliphatic rings. The van der Waals surface area contributed by atoms with Gasteiger partial charge in [0, 0.05) is 12.6 Å². The Balaban J connectivity index is 1.24. The molecule has 4 rings (SSSR count). The van der Waals surface area contributed by atoms with E-state index in [4.69, 9.17) is 9.94 Å². The summed E-state index contributed by atoms with van der Waals surface area (Å²) in [6, 6.07) is 27.2. The average molecular weight is 443 g/mol. The zero-order chi connectivity index (χ0) is 23.0. The summed E-state index contributed by atoms with van der Waals surface area (Å²) >= 11 is 0. The molecule has 0 saturated heterocycles. The first-order valence-corrected chi connectivity index (χ1v) is 11.4. The Kier molecular flexibility index (Phi) is 7.53. The zero-order valence-electron chi connectivity index (χ0n) is 18.9. The van der Waals surface area contributed by atoms with Crippen molar-refractivity contribution in [3.8, 4) is 11.1 Å². The lowest BCUT2D eigenvalue weighted by molar-refractivity contribution is -0.141. The first-order chi connectivity index (χ1) is 16.1. The number of aliphatic carboxylic acids is 1. The molecule has 2 N–H and O–H groups in total. The first-order valence-electron chi connectivity index (χ1n) is 11.4. The summed E-state index contributed by atoms with van der Waals surface area (Å²) < 4.78 is 0. The van der Waals surface area contributed by atoms with Gasteiger partial charge >= 0.3 is 5.97 Å². The molecule has 2 atom stereocenters. The van der Waals surface area contributed by atoms with Crippen LogP contribution >= 0.6 is 0 Å². The van der Waals surface area contributed by atoms with Gasteiger partial charge in [-0.05, 0) is 54.0 Å². The molecule has 33 heavy (non-hydrogen) atoms. The molecule has 0 radical (unpaired) electrons. The van der Waals surface area contributed by atoms with Gasteiger partial charge in [0.05, 0.1) is 11.6 Å². The molecule has 3 aromatic rings. The Hall–Kier alpha value is -3.44. The van der Waals surface area contributed by atoms with Crippen LogP contribution in [0.2, 0.25) is 0 Å². The monoisotopic (exact) mass is 442 g/mol. The second-order valence-electron chi connectivity index (χ2n) is 8.64. The van der Waals surface area contributed by atoms with E-state index in [0.717, 1.165) is 36.2 Å². The second-order valence-corrected chi connectivity index (χ2v) is 8.64. The highest BCUT2D eigenvalue weighted by Crippen LogP contribution is 2.26. The van der Waals surface area contributed by atoms with Crippen LogP contribution < -0.4 is 5.32 Å². The van der Waals surface area contributed by atoms with Gasteiger partial charge in [0.15, 0.2) is 0 Å². The van der Waals surface area contributed by atoms with Crippen LogP contribution in [0.1, 0.15) is 42.9 Å². The topological polar surface area (TPSA) is 70.9 Å². The minimum Gasteiger partial charge on any atom is -0.481 e. The number of carboxylic acid groups (broad SMARTS) is 1. The Labute approximate surface area is 195 Å². The van der Waals surface area contributed by atoms with E-state index in [1.807, 2.05) is 37.3 Å². The number of hydrogen-bond donors (Lipinski definition) is 2. The molecule has 1 aliphatic carbocycles. The number of oxime groups is 1. The maximum absolute atomic E-state index is 11.1. The molecule has 5 nitrogen and oxygen atoms in total. The van der Waals surface area contributed by atoms with Gasteiger partial charge in [0.25, 0.3) is 0 Å². The third-order valence-electron chi connectivity index (χ3n) is 6.24. The largest absolute Gasteiger partial charge is 0.481 e. The van der Waals surface area contributed by atoms with Crippen LogP contribution in [0.5, 0.6) is 0 Å². The molecule has 0 spiro atoms. The molecule has 0 amide bonds. The number of carboxylic acids is 1. The first kappa shape index (κ1) is 22.7. The minimum atomic E-state index is -0.676. The van der Waals surface area contributed by atoms with Crippen LogP contribution in [0.3, 0.4) is 0 Å². The maximum atomic E-state index is 11.1. The fourth-order valence-corrected chi connectivity index (χ4v) is 4.20. The van der Waals surface area contributed by atoms with Crippen molar-refractivity contribution in [3.63, 3.8) is 0 Å². The van der Waals surface area contributed by atoms with Gasteiger partial charge < -0.3 is 15.3 Å². The highest BCUT2D eigenvalue weighted by Gasteiger charge is 2.29. The molecule has 0 aromatic heterocycles. The van der Waals surface area contributed by atoms with Crippen molar-refractivity contribution in [2.45, 2.75) is 45.4 Å². The van der Waals surface area contributed by atoms with E-state index < -0.39 is 5.97 Å². The molecule has 0 aliphatic heterocycles. The predicted octanol–water partition coefficient (Wildman–Crippen LogP) is 5.64. The lowest BCUT2D eigenvalue weighted by atomic mass is 10.0. The number of nitrogens with one attached hydrogen (secondary N) is 1. The third-order valence-corrected chi connectivity index (χ3v) is 6.24. The van der Waals surface area contributed by atoms with Crippen LogP contribution in [0, 0.1) is 5.92 Å². The van der Waals surface area contributed by atoms with Crippen molar-refractivity contribution in [2.75, 3.05) is 0 Å². The summed E-state index contributed by atoms with van der Waals surface area (Å²) in [7, 11) is 0. The number of carbonyl (C=O) groups is 1. The van der Waals surface area contributed by atoms with Gasteiger partial charge in [0.1, 0.15) is 6.61 Å². The van der Waals surface area contributed by atoms with E-state index >= 15 is 0 Å². The summed E-state index contributed by atoms with van der Waals surface area (Å²) in [4.78, 5) is 16.7. The molecule has 3 aromatic carbocycles. The summed E-state index contributed by atoms with van der Waals surface area (Å²) in [5.41, 5.74) is 6.48. The molecule has 170 valence electrons. The van der Waals surface area contributed by atoms with Crippen molar-refractivity contribution in [3.05, 3.63) is 95.6 Å². The Morgan fingerprint density at radius 2 is 1.61 bits per heavy atom. The van der Waals surface area contributed by atoms with E-state index in [1.54, 1.807) is 0 Å². The lowest BCUT2D eigenvalue weighted by Gasteiger charge is -2.12. The highest BCUT2D eigenvalue weighted by atomic mass is 16.6. The van der Waals surface area contributed by atoms with Crippen LogP contribution in [0.15, 0.2) is 84.0 Å². The highest BCUT2D eigenvalue weighted by molar-refractivity contribution is 5.98. The van der Waals surface area contributed by atoms with Gasteiger partial charge in [-0.2, -0.15) is 0 Å². The average Bonchev–Trinajstić information content (AvgIpc) is 3.34. The lowest BCUT2D eigenvalue weighted by Crippen LogP contribution is -2.26. The normalized spacial score (nSPS) is 18.3. The standard InChI is InChI=1S/C28H30N2O3/c1-20(30-33-19-22-9-13-25(14-10-22)24-5-3-2-4-6-24)23-11-7-21(8-12-23)18-29-27-16-15-26(17-27)28(31)32/h2-14,26-27,29H,15-19H2,1H3,(H,31,32)/b30-20+. The molecular formula is C28H30N2O3. The van der Waals surface area contributed by atoms with Gasteiger partial charge in [-0.15, -0.1) is 0 Å². The van der Waals surface area contributed by atoms with Crippen LogP contribution in [0.25, 0.3) is 11.1 Å². The number of benzene rings is 3. The second kappa shape index (κ2) is 10.9. The fraction of sp³-hybridized carbons (Fsp3) is 0.286. The van der Waals surface area contributed by atoms with Gasteiger partial charge in [-0.3, -0.25) is 4.79 Å². The predicted molar refractivity (Wildman–Crippen MR) is 131 cm³/mol. The molecule has 0 heterocycles. The van der Waals surface area contributed by atoms with Crippen molar-refractivity contribution in [2.24, 2.45) is 11.1 Å². The van der Waals surface area contributed by atoms with Crippen molar-refractivity contribution in [1.82, 2.24) is 5.32 Å². The quantitative estimate of drug-likeness (QED) is 0.332. The van der Waals surface area contributed by atoms with Crippen molar-refractivity contribution >= 4 is 11.7 Å². The van der Waals surface area contributed by atoms with E-state index in [2.05, 4.69) is 59.0 Å². The Bertz CT molecular complexity index is 1080. The van der Waals surface area contributed by atoms with Crippen molar-refractivity contribution in [1.29, 1.82) is 0 Å². The van der Waals surface area contributed by atoms with E-state index in [1.165, 1.54) is 16.7 Å². The minimum absolute atomic E-state index is 0.203. The fourth-order valence-electron chi connectivity index (χ4n) is 4.20. The van der Waals surface area contributed by atoms with Crippen molar-refractivity contribution < 1.29 is 14.7 Å². The Morgan fingerprint density at radius 1 is 0.939 bits per heavy atom. The molecule has 1 saturated carbocycles. The van der Waals surface area contributed by atoms with Crippen LogP contribution in [-0.4, -0.2) is 22.8 Å². The van der Waals surface area contributed by atoms with Crippen LogP contribution in [-0.2, 0) is 22.8 Å². The van der Waals surface area contributed by atoms with Gasteiger partial charge in [0.2, 0.25) is 0 Å². The summed E-state index contributed by atoms with van der Waals surface area (Å²) in [6.45, 7) is 3.10. The molecule has 1 fully saturated rings. The van der Waals surface area contributed by atoms with E-state index in [0.29, 0.717) is 13.0 Å². The Morgan fingerprint density at radius 3 is 2.27 bits per heavy atom. The SMILES string of the molecule is C/C(=N\OCc1ccc(-c2ccccc2)cc1)c1ccc(CNC2CCC(C(=O)O)C2)cc1. The van der Waals surface area contributed by atoms with Gasteiger partial charge in [-0.25, -0.2) is 0 Å². The molecule has 5 heteroatoms. The third kappa shape index (κ3) is 6.30. The number of hydrogen-bond acceptors (Lipinski definition) is 4. The smallest absolute Gasteiger partial charge is 0.306 e. The molecule has 0 bridgehead atoms. The zero-order valence-corrected chi connectivity index (χ0v) is 18.9. The van der Waals surface area contributed by atoms with Crippen LogP contribution in [0.4, 0.5) is 0 Å². The summed E-state index contributed by atoms with van der Waals surface area (Å²) in [5, 5.41) is 16.9. The maximum Gasteiger partial charge on any atom is 0.306 e. The molecule has 2 unspecified atom stereocenters. The van der Waals surface area contributed by atoms with E-state index in [9.17, 15) is 4.79 Å². The number of nitrogens with zero attached hydrogens (tertiary/aromatic N) is 1.